The fourth-order valence-corrected chi connectivity index (χ4v) is 3.59. The van der Waals surface area contributed by atoms with Gasteiger partial charge in [-0.05, 0) is 55.2 Å². The molecule has 1 aromatic carbocycles. The van der Waals surface area contributed by atoms with Crippen molar-refractivity contribution < 1.29 is 4.79 Å². The van der Waals surface area contributed by atoms with Crippen molar-refractivity contribution in [3.63, 3.8) is 0 Å². The molecule has 2 heterocycles. The predicted molar refractivity (Wildman–Crippen MR) is 106 cm³/mol. The van der Waals surface area contributed by atoms with Crippen LogP contribution in [0.5, 0.6) is 0 Å². The van der Waals surface area contributed by atoms with Crippen molar-refractivity contribution in [1.29, 1.82) is 0 Å². The molecule has 3 rings (SSSR count). The van der Waals surface area contributed by atoms with E-state index in [0.29, 0.717) is 4.88 Å². The first-order chi connectivity index (χ1) is 12.5. The molecule has 0 aliphatic heterocycles. The number of carbonyl (C=O) groups excluding carboxylic acids is 1. The molecule has 0 saturated heterocycles. The van der Waals surface area contributed by atoms with Crippen molar-refractivity contribution in [3.8, 4) is 0 Å². The van der Waals surface area contributed by atoms with E-state index in [1.165, 1.54) is 22.5 Å². The molecule has 1 atom stereocenters. The number of benzene rings is 1. The number of rotatable bonds is 5. The van der Waals surface area contributed by atoms with Gasteiger partial charge in [-0.2, -0.15) is 0 Å². The summed E-state index contributed by atoms with van der Waals surface area (Å²) in [5, 5.41) is 6.89. The van der Waals surface area contributed by atoms with Crippen LogP contribution in [0.3, 0.4) is 0 Å². The highest BCUT2D eigenvalue weighted by atomic mass is 32.1. The molecule has 134 valence electrons. The van der Waals surface area contributed by atoms with Crippen LogP contribution in [-0.4, -0.2) is 22.9 Å². The fraction of sp³-hybridized carbons (Fsp3) is 0.250. The Balaban J connectivity index is 1.97. The highest BCUT2D eigenvalue weighted by Gasteiger charge is 2.21. The van der Waals surface area contributed by atoms with E-state index >= 15 is 0 Å². The second kappa shape index (κ2) is 7.66. The number of anilines is 1. The Bertz CT molecular complexity index is 921. The lowest BCUT2D eigenvalue weighted by Crippen LogP contribution is -2.29. The summed E-state index contributed by atoms with van der Waals surface area (Å²) in [6.07, 6.45) is 3.49. The number of thiazole rings is 1. The molecular weight excluding hydrogens is 344 g/mol. The first kappa shape index (κ1) is 18.1. The summed E-state index contributed by atoms with van der Waals surface area (Å²) in [6.45, 7) is 6.01. The van der Waals surface area contributed by atoms with E-state index in [-0.39, 0.29) is 11.9 Å². The van der Waals surface area contributed by atoms with Crippen LogP contribution in [-0.2, 0) is 0 Å². The smallest absolute Gasteiger partial charge is 0.264 e. The number of nitrogens with one attached hydrogen (secondary N) is 2. The summed E-state index contributed by atoms with van der Waals surface area (Å²) in [4.78, 5) is 22.0. The highest BCUT2D eigenvalue weighted by molar-refractivity contribution is 7.17. The van der Waals surface area contributed by atoms with Crippen LogP contribution in [0.15, 0.2) is 42.7 Å². The second-order valence-electron chi connectivity index (χ2n) is 6.21. The number of nitrogens with zero attached hydrogens (tertiary/aromatic N) is 2. The zero-order valence-electron chi connectivity index (χ0n) is 15.3. The minimum absolute atomic E-state index is 0.124. The Morgan fingerprint density at radius 1 is 1.04 bits per heavy atom. The van der Waals surface area contributed by atoms with Gasteiger partial charge in [0.2, 0.25) is 0 Å². The molecule has 1 amide bonds. The molecular formula is C20H22N4OS. The number of carbonyl (C=O) groups is 1. The number of pyridine rings is 1. The second-order valence-corrected chi connectivity index (χ2v) is 7.21. The quantitative estimate of drug-likeness (QED) is 0.716. The van der Waals surface area contributed by atoms with E-state index in [1.807, 2.05) is 19.1 Å². The largest absolute Gasteiger partial charge is 0.365 e. The first-order valence-electron chi connectivity index (χ1n) is 8.42. The van der Waals surface area contributed by atoms with Crippen molar-refractivity contribution in [1.82, 2.24) is 15.3 Å². The Morgan fingerprint density at radius 2 is 1.77 bits per heavy atom. The standard InChI is InChI=1S/C20H22N4OS/c1-12-5-6-16(11-13(12)2)17(15-7-9-22-10-8-15)24-19(25)18-14(3)23-20(21-4)26-18/h5-11,17H,1-4H3,(H,21,23)(H,24,25)/t17-/m1/s1. The molecule has 0 aliphatic rings. The van der Waals surface area contributed by atoms with Gasteiger partial charge in [0.05, 0.1) is 11.7 Å². The molecule has 0 aliphatic carbocycles. The van der Waals surface area contributed by atoms with Crippen LogP contribution in [0.1, 0.15) is 43.7 Å². The zero-order valence-corrected chi connectivity index (χ0v) is 16.1. The molecule has 2 N–H and O–H groups in total. The molecule has 2 aromatic heterocycles. The van der Waals surface area contributed by atoms with E-state index in [1.54, 1.807) is 19.4 Å². The average molecular weight is 366 g/mol. The molecule has 6 heteroatoms. The van der Waals surface area contributed by atoms with Crippen LogP contribution in [0.2, 0.25) is 0 Å². The van der Waals surface area contributed by atoms with Crippen LogP contribution in [0.4, 0.5) is 5.13 Å². The number of aryl methyl sites for hydroxylation is 3. The van der Waals surface area contributed by atoms with Crippen LogP contribution < -0.4 is 10.6 Å². The van der Waals surface area contributed by atoms with Gasteiger partial charge in [-0.3, -0.25) is 9.78 Å². The van der Waals surface area contributed by atoms with Crippen LogP contribution >= 0.6 is 11.3 Å². The van der Waals surface area contributed by atoms with E-state index in [2.05, 4.69) is 52.6 Å². The lowest BCUT2D eigenvalue weighted by molar-refractivity contribution is 0.0946. The summed E-state index contributed by atoms with van der Waals surface area (Å²) < 4.78 is 0. The van der Waals surface area contributed by atoms with Crippen molar-refractivity contribution >= 4 is 22.4 Å². The Kier molecular flexibility index (Phi) is 5.32. The van der Waals surface area contributed by atoms with E-state index in [4.69, 9.17) is 0 Å². The third kappa shape index (κ3) is 3.75. The number of hydrogen-bond acceptors (Lipinski definition) is 5. The van der Waals surface area contributed by atoms with Crippen LogP contribution in [0, 0.1) is 20.8 Å². The van der Waals surface area contributed by atoms with Gasteiger partial charge in [-0.25, -0.2) is 4.98 Å². The fourth-order valence-electron chi connectivity index (χ4n) is 2.77. The number of aromatic nitrogens is 2. The Labute approximate surface area is 157 Å². The van der Waals surface area contributed by atoms with Crippen molar-refractivity contribution in [2.75, 3.05) is 12.4 Å². The zero-order chi connectivity index (χ0) is 18.7. The minimum Gasteiger partial charge on any atom is -0.365 e. The van der Waals surface area contributed by atoms with Crippen molar-refractivity contribution in [2.24, 2.45) is 0 Å². The number of hydrogen-bond donors (Lipinski definition) is 2. The number of amides is 1. The molecule has 0 spiro atoms. The predicted octanol–water partition coefficient (Wildman–Crippen LogP) is 4.02. The molecule has 3 aromatic rings. The summed E-state index contributed by atoms with van der Waals surface area (Å²) in [5.41, 5.74) is 5.19. The lowest BCUT2D eigenvalue weighted by atomic mass is 9.96. The van der Waals surface area contributed by atoms with Gasteiger partial charge in [-0.15, -0.1) is 0 Å². The molecule has 0 fully saturated rings. The van der Waals surface area contributed by atoms with E-state index in [0.717, 1.165) is 22.0 Å². The van der Waals surface area contributed by atoms with Gasteiger partial charge >= 0.3 is 0 Å². The Morgan fingerprint density at radius 3 is 2.38 bits per heavy atom. The Hall–Kier alpha value is -2.73. The van der Waals surface area contributed by atoms with Gasteiger partial charge < -0.3 is 10.6 Å². The van der Waals surface area contributed by atoms with Gasteiger partial charge in [0.25, 0.3) is 5.91 Å². The molecule has 0 bridgehead atoms. The molecule has 0 unspecified atom stereocenters. The normalized spacial score (nSPS) is 11.8. The maximum Gasteiger partial charge on any atom is 0.264 e. The summed E-state index contributed by atoms with van der Waals surface area (Å²) in [5.74, 6) is -0.124. The topological polar surface area (TPSA) is 66.9 Å². The third-order valence-electron chi connectivity index (χ3n) is 4.40. The van der Waals surface area contributed by atoms with Crippen molar-refractivity contribution in [3.05, 3.63) is 75.6 Å². The molecule has 0 saturated carbocycles. The van der Waals surface area contributed by atoms with Gasteiger partial charge in [0, 0.05) is 19.4 Å². The van der Waals surface area contributed by atoms with Gasteiger partial charge in [0.15, 0.2) is 5.13 Å². The molecule has 26 heavy (non-hydrogen) atoms. The summed E-state index contributed by atoms with van der Waals surface area (Å²) in [6, 6.07) is 9.88. The van der Waals surface area contributed by atoms with E-state index in [9.17, 15) is 4.79 Å². The van der Waals surface area contributed by atoms with E-state index < -0.39 is 0 Å². The maximum absolute atomic E-state index is 12.9. The van der Waals surface area contributed by atoms with Crippen LogP contribution in [0.25, 0.3) is 0 Å². The highest BCUT2D eigenvalue weighted by Crippen LogP contribution is 2.27. The van der Waals surface area contributed by atoms with Gasteiger partial charge in [-0.1, -0.05) is 29.5 Å². The first-order valence-corrected chi connectivity index (χ1v) is 9.24. The summed E-state index contributed by atoms with van der Waals surface area (Å²) in [7, 11) is 1.80. The van der Waals surface area contributed by atoms with Crippen molar-refractivity contribution in [2.45, 2.75) is 26.8 Å². The minimum atomic E-state index is -0.246. The summed E-state index contributed by atoms with van der Waals surface area (Å²) >= 11 is 1.36. The SMILES string of the molecule is CNc1nc(C)c(C(=O)N[C@H](c2ccncc2)c2ccc(C)c(C)c2)s1. The molecule has 5 nitrogen and oxygen atoms in total. The maximum atomic E-state index is 12.9. The monoisotopic (exact) mass is 366 g/mol. The van der Waals surface area contributed by atoms with Gasteiger partial charge in [0.1, 0.15) is 4.88 Å². The molecule has 0 radical (unpaired) electrons. The third-order valence-corrected chi connectivity index (χ3v) is 5.57. The lowest BCUT2D eigenvalue weighted by Gasteiger charge is -2.20. The average Bonchev–Trinajstić information content (AvgIpc) is 3.04.